The zero-order valence-electron chi connectivity index (χ0n) is 19.7. The van der Waals surface area contributed by atoms with Crippen LogP contribution in [0.1, 0.15) is 18.4 Å². The van der Waals surface area contributed by atoms with Crippen LogP contribution < -0.4 is 20.7 Å². The summed E-state index contributed by atoms with van der Waals surface area (Å²) in [5.74, 6) is -1.61. The lowest BCUT2D eigenvalue weighted by Crippen LogP contribution is -2.65. The van der Waals surface area contributed by atoms with Crippen LogP contribution in [0.2, 0.25) is 0 Å². The molecule has 1 aliphatic heterocycles. The van der Waals surface area contributed by atoms with Crippen molar-refractivity contribution >= 4 is 17.4 Å². The Hall–Kier alpha value is -3.52. The van der Waals surface area contributed by atoms with E-state index in [1.165, 1.54) is 4.68 Å². The van der Waals surface area contributed by atoms with E-state index in [4.69, 9.17) is 0 Å². The fourth-order valence-corrected chi connectivity index (χ4v) is 6.45. The van der Waals surface area contributed by atoms with Gasteiger partial charge in [-0.3, -0.25) is 9.89 Å². The molecule has 1 aromatic heterocycles. The minimum atomic E-state index is -1.20. The molecule has 2 atom stereocenters. The lowest BCUT2D eigenvalue weighted by Gasteiger charge is -2.60. The summed E-state index contributed by atoms with van der Waals surface area (Å²) in [6.45, 7) is 2.80. The first kappa shape index (κ1) is 22.9. The molecule has 1 N–H and O–H groups in total. The van der Waals surface area contributed by atoms with Gasteiger partial charge in [-0.2, -0.15) is 0 Å². The van der Waals surface area contributed by atoms with Crippen LogP contribution in [-0.4, -0.2) is 28.5 Å². The van der Waals surface area contributed by atoms with E-state index in [9.17, 15) is 15.0 Å². The smallest absolute Gasteiger partial charge is 0.275 e. The van der Waals surface area contributed by atoms with E-state index in [1.54, 1.807) is 11.8 Å². The van der Waals surface area contributed by atoms with Gasteiger partial charge in [0.05, 0.1) is 22.1 Å². The highest BCUT2D eigenvalue weighted by atomic mass is 32.2. The second kappa shape index (κ2) is 9.17. The van der Waals surface area contributed by atoms with Crippen molar-refractivity contribution in [2.75, 3.05) is 11.4 Å². The minimum absolute atomic E-state index is 0.286. The summed E-state index contributed by atoms with van der Waals surface area (Å²) in [7, 11) is 0. The van der Waals surface area contributed by atoms with Crippen molar-refractivity contribution in [2.24, 2.45) is 5.92 Å². The molecule has 182 valence electrons. The molecule has 36 heavy (non-hydrogen) atoms. The van der Waals surface area contributed by atoms with Crippen LogP contribution >= 0.6 is 11.8 Å². The Morgan fingerprint density at radius 1 is 0.917 bits per heavy atom. The van der Waals surface area contributed by atoms with Gasteiger partial charge in [-0.15, -0.1) is 12.2 Å². The van der Waals surface area contributed by atoms with Crippen LogP contribution in [0.15, 0.2) is 106 Å². The van der Waals surface area contributed by atoms with Gasteiger partial charge in [0.1, 0.15) is 0 Å². The third-order valence-corrected chi connectivity index (χ3v) is 8.22. The number of thioether (sulfide) groups is 1. The highest BCUT2D eigenvalue weighted by Crippen LogP contribution is 2.49. The van der Waals surface area contributed by atoms with Crippen LogP contribution in [0.25, 0.3) is 16.9 Å². The van der Waals surface area contributed by atoms with E-state index < -0.39 is 24.0 Å². The van der Waals surface area contributed by atoms with E-state index in [-0.39, 0.29) is 11.1 Å². The number of hydrogen-bond acceptors (Lipinski definition) is 5. The maximum Gasteiger partial charge on any atom is 0.275 e. The highest BCUT2D eigenvalue weighted by Gasteiger charge is 2.41. The van der Waals surface area contributed by atoms with E-state index in [0.29, 0.717) is 11.4 Å². The average Bonchev–Trinajstić information content (AvgIpc) is 3.45. The molecule has 0 saturated heterocycles. The Labute approximate surface area is 213 Å². The minimum Gasteiger partial charge on any atom is -0.851 e. The summed E-state index contributed by atoms with van der Waals surface area (Å²) in [5, 5.41) is 31.2. The van der Waals surface area contributed by atoms with Crippen molar-refractivity contribution in [1.82, 2.24) is 9.78 Å². The first-order chi connectivity index (χ1) is 17.6. The Bertz CT molecular complexity index is 1470. The number of aromatic nitrogens is 2. The van der Waals surface area contributed by atoms with Gasteiger partial charge in [0.15, 0.2) is 0 Å². The van der Waals surface area contributed by atoms with E-state index in [1.807, 2.05) is 78.9 Å². The molecule has 0 amide bonds. The number of nitrogens with zero attached hydrogens (tertiary/aromatic N) is 2. The number of benzene rings is 3. The van der Waals surface area contributed by atoms with Crippen molar-refractivity contribution in [3.63, 3.8) is 0 Å². The summed E-state index contributed by atoms with van der Waals surface area (Å²) in [5.41, 5.74) is 3.02. The molecule has 2 heterocycles. The predicted molar refractivity (Wildman–Crippen MR) is 139 cm³/mol. The third kappa shape index (κ3) is 3.63. The first-order valence-corrected chi connectivity index (χ1v) is 12.9. The first-order valence-electron chi connectivity index (χ1n) is 12.1. The molecule has 1 saturated carbocycles. The number of hydrogen-bond donors (Lipinski definition) is 1. The fraction of sp³-hybridized carbons (Fsp3) is 0.207. The largest absolute Gasteiger partial charge is 0.851 e. The number of aromatic amines is 1. The molecule has 1 fully saturated rings. The van der Waals surface area contributed by atoms with Gasteiger partial charge >= 0.3 is 0 Å². The zero-order chi connectivity index (χ0) is 24.8. The molecule has 1 aliphatic carbocycles. The summed E-state index contributed by atoms with van der Waals surface area (Å²) in [6.07, 6.45) is -0.554. The molecule has 0 spiro atoms. The van der Waals surface area contributed by atoms with E-state index in [2.05, 4.69) is 29.1 Å². The number of nitrogens with one attached hydrogen (secondary N) is 1. The standard InChI is InChI=1S/C29H25N3O3S/c1-2-31-21-15-9-10-16-22(21)36-23(31)17-20-27(33)25(28(20)34)24-26(18-11-5-3-6-12-18)30-32(29(24)35)19-13-7-4-8-14-19/h3-17,20,25,27-28,30H,2H2,1H3/q-2/b23-17+. The van der Waals surface area contributed by atoms with Crippen molar-refractivity contribution < 1.29 is 10.2 Å². The molecule has 6 rings (SSSR count). The number of rotatable bonds is 5. The number of anilines is 1. The topological polar surface area (TPSA) is 87.2 Å². The van der Waals surface area contributed by atoms with Gasteiger partial charge in [-0.05, 0) is 48.6 Å². The third-order valence-electron chi connectivity index (χ3n) is 7.09. The molecule has 2 unspecified atom stereocenters. The lowest BCUT2D eigenvalue weighted by molar-refractivity contribution is -0.543. The number of fused-ring (bicyclic) bond motifs is 1. The van der Waals surface area contributed by atoms with Crippen LogP contribution in [0.5, 0.6) is 0 Å². The Kier molecular flexibility index (Phi) is 5.84. The maximum absolute atomic E-state index is 13.6. The van der Waals surface area contributed by atoms with Gasteiger partial charge in [-0.1, -0.05) is 78.5 Å². The van der Waals surface area contributed by atoms with Crippen LogP contribution in [-0.2, 0) is 0 Å². The van der Waals surface area contributed by atoms with Gasteiger partial charge < -0.3 is 15.1 Å². The Morgan fingerprint density at radius 2 is 1.56 bits per heavy atom. The summed E-state index contributed by atoms with van der Waals surface area (Å²) < 4.78 is 1.44. The highest BCUT2D eigenvalue weighted by molar-refractivity contribution is 8.03. The van der Waals surface area contributed by atoms with Gasteiger partial charge in [0.25, 0.3) is 5.56 Å². The molecule has 0 radical (unpaired) electrons. The average molecular weight is 496 g/mol. The van der Waals surface area contributed by atoms with E-state index >= 15 is 0 Å². The SMILES string of the molecule is CCN1/C(=C\C2C([O-])C(c3c(-c4ccccc4)[nH]n(-c4ccccc4)c3=O)C2[O-])Sc2ccccc21. The molecule has 3 aromatic carbocycles. The quantitative estimate of drug-likeness (QED) is 0.458. The summed E-state index contributed by atoms with van der Waals surface area (Å²) in [4.78, 5) is 16.9. The second-order valence-corrected chi connectivity index (χ2v) is 10.2. The van der Waals surface area contributed by atoms with Gasteiger partial charge in [0, 0.05) is 17.0 Å². The van der Waals surface area contributed by atoms with Crippen LogP contribution in [0.4, 0.5) is 5.69 Å². The van der Waals surface area contributed by atoms with Crippen LogP contribution in [0.3, 0.4) is 0 Å². The summed E-state index contributed by atoms with van der Waals surface area (Å²) >= 11 is 1.59. The monoisotopic (exact) mass is 495 g/mol. The van der Waals surface area contributed by atoms with Crippen molar-refractivity contribution in [1.29, 1.82) is 0 Å². The molecule has 6 nitrogen and oxygen atoms in total. The van der Waals surface area contributed by atoms with Gasteiger partial charge in [-0.25, -0.2) is 4.68 Å². The predicted octanol–water partition coefficient (Wildman–Crippen LogP) is 3.48. The fourth-order valence-electron chi connectivity index (χ4n) is 5.24. The molecule has 4 aromatic rings. The van der Waals surface area contributed by atoms with E-state index in [0.717, 1.165) is 27.7 Å². The Morgan fingerprint density at radius 3 is 2.25 bits per heavy atom. The lowest BCUT2D eigenvalue weighted by atomic mass is 9.65. The molecular formula is C29H25N3O3S-2. The second-order valence-electron chi connectivity index (χ2n) is 9.09. The zero-order valence-corrected chi connectivity index (χ0v) is 20.5. The molecule has 7 heteroatoms. The Balaban J connectivity index is 1.38. The molecule has 0 bridgehead atoms. The molecular weight excluding hydrogens is 470 g/mol. The number of para-hydroxylation sites is 2. The number of H-pyrrole nitrogens is 1. The van der Waals surface area contributed by atoms with Crippen molar-refractivity contribution in [3.05, 3.63) is 112 Å². The normalized spacial score (nSPS) is 24.1. The van der Waals surface area contributed by atoms with Crippen molar-refractivity contribution in [3.8, 4) is 16.9 Å². The van der Waals surface area contributed by atoms with Crippen molar-refractivity contribution in [2.45, 2.75) is 29.9 Å². The van der Waals surface area contributed by atoms with Crippen LogP contribution in [0, 0.1) is 5.92 Å². The maximum atomic E-state index is 13.6. The summed E-state index contributed by atoms with van der Waals surface area (Å²) in [6, 6.07) is 26.7. The molecule has 2 aliphatic rings. The van der Waals surface area contributed by atoms with Gasteiger partial charge in [0.2, 0.25) is 0 Å².